The maximum absolute atomic E-state index is 9.93. The Labute approximate surface area is 80.4 Å². The van der Waals surface area contributed by atoms with E-state index < -0.39 is 5.60 Å². The number of hydrogen-bond donors (Lipinski definition) is 1. The number of rotatable bonds is 3. The van der Waals surface area contributed by atoms with Gasteiger partial charge in [-0.15, -0.1) is 0 Å². The summed E-state index contributed by atoms with van der Waals surface area (Å²) in [6.45, 7) is 5.85. The lowest BCUT2D eigenvalue weighted by Gasteiger charge is -2.28. The molecular formula is C12H18O. The van der Waals surface area contributed by atoms with Crippen LogP contribution in [0.15, 0.2) is 30.3 Å². The van der Waals surface area contributed by atoms with Crippen molar-refractivity contribution in [2.75, 3.05) is 0 Å². The molecule has 0 aromatic heterocycles. The predicted molar refractivity (Wildman–Crippen MR) is 55.8 cm³/mol. The lowest BCUT2D eigenvalue weighted by molar-refractivity contribution is 0.0483. The summed E-state index contributed by atoms with van der Waals surface area (Å²) in [6, 6.07) is 10.2. The summed E-state index contributed by atoms with van der Waals surface area (Å²) in [6.07, 6.45) is 0.966. The topological polar surface area (TPSA) is 20.2 Å². The summed E-state index contributed by atoms with van der Waals surface area (Å²) in [5.74, 6) is 0.230. The van der Waals surface area contributed by atoms with Gasteiger partial charge in [0.1, 0.15) is 0 Å². The van der Waals surface area contributed by atoms with Gasteiger partial charge < -0.3 is 5.11 Å². The van der Waals surface area contributed by atoms with Crippen molar-refractivity contribution in [1.29, 1.82) is 0 Å². The standard InChI is InChI=1S/C12H18O/c1-4-11(12(2,3)13)10-8-6-5-7-9-10/h5-9,11,13H,4H2,1-3H3/t11-/m0/s1. The monoisotopic (exact) mass is 178 g/mol. The van der Waals surface area contributed by atoms with Crippen LogP contribution in [0.5, 0.6) is 0 Å². The highest BCUT2D eigenvalue weighted by Crippen LogP contribution is 2.30. The minimum atomic E-state index is -0.629. The molecule has 0 heterocycles. The fourth-order valence-corrected chi connectivity index (χ4v) is 1.83. The molecule has 0 aliphatic carbocycles. The predicted octanol–water partition coefficient (Wildman–Crippen LogP) is 2.95. The maximum Gasteiger partial charge on any atom is 0.0659 e. The molecule has 1 N–H and O–H groups in total. The molecule has 1 atom stereocenters. The Morgan fingerprint density at radius 3 is 2.15 bits per heavy atom. The molecule has 0 aliphatic rings. The van der Waals surface area contributed by atoms with E-state index in [4.69, 9.17) is 0 Å². The van der Waals surface area contributed by atoms with Gasteiger partial charge in [0.2, 0.25) is 0 Å². The van der Waals surface area contributed by atoms with E-state index in [-0.39, 0.29) is 5.92 Å². The zero-order valence-electron chi connectivity index (χ0n) is 8.62. The zero-order valence-corrected chi connectivity index (χ0v) is 8.62. The summed E-state index contributed by atoms with van der Waals surface area (Å²) in [5.41, 5.74) is 0.591. The highest BCUT2D eigenvalue weighted by Gasteiger charge is 2.26. The van der Waals surface area contributed by atoms with Crippen LogP contribution in [0.2, 0.25) is 0 Å². The van der Waals surface area contributed by atoms with Crippen LogP contribution in [-0.4, -0.2) is 10.7 Å². The van der Waals surface area contributed by atoms with Crippen LogP contribution in [0.1, 0.15) is 38.7 Å². The smallest absolute Gasteiger partial charge is 0.0659 e. The van der Waals surface area contributed by atoms with Crippen molar-refractivity contribution in [3.05, 3.63) is 35.9 Å². The van der Waals surface area contributed by atoms with E-state index in [0.29, 0.717) is 0 Å². The summed E-state index contributed by atoms with van der Waals surface area (Å²) in [7, 11) is 0. The van der Waals surface area contributed by atoms with Crippen molar-refractivity contribution in [3.8, 4) is 0 Å². The van der Waals surface area contributed by atoms with Gasteiger partial charge in [-0.1, -0.05) is 37.3 Å². The Kier molecular flexibility index (Phi) is 3.10. The molecule has 0 saturated heterocycles. The van der Waals surface area contributed by atoms with Gasteiger partial charge in [-0.05, 0) is 25.8 Å². The van der Waals surface area contributed by atoms with Crippen molar-refractivity contribution >= 4 is 0 Å². The molecule has 1 heteroatoms. The van der Waals surface area contributed by atoms with Crippen LogP contribution in [0.3, 0.4) is 0 Å². The third-order valence-electron chi connectivity index (χ3n) is 2.46. The Morgan fingerprint density at radius 2 is 1.77 bits per heavy atom. The summed E-state index contributed by atoms with van der Waals surface area (Å²) in [4.78, 5) is 0. The molecule has 1 nitrogen and oxygen atoms in total. The van der Waals surface area contributed by atoms with E-state index in [9.17, 15) is 5.11 Å². The Balaban J connectivity index is 2.92. The summed E-state index contributed by atoms with van der Waals surface area (Å²) < 4.78 is 0. The molecule has 72 valence electrons. The van der Waals surface area contributed by atoms with Crippen LogP contribution >= 0.6 is 0 Å². The van der Waals surface area contributed by atoms with Gasteiger partial charge in [0.05, 0.1) is 5.60 Å². The normalized spacial score (nSPS) is 14.2. The zero-order chi connectivity index (χ0) is 9.90. The fourth-order valence-electron chi connectivity index (χ4n) is 1.83. The minimum absolute atomic E-state index is 0.230. The Bertz CT molecular complexity index is 246. The van der Waals surface area contributed by atoms with Gasteiger partial charge in [0.15, 0.2) is 0 Å². The van der Waals surface area contributed by atoms with Gasteiger partial charge in [0, 0.05) is 5.92 Å². The third-order valence-corrected chi connectivity index (χ3v) is 2.46. The first-order valence-electron chi connectivity index (χ1n) is 4.83. The lowest BCUT2D eigenvalue weighted by Crippen LogP contribution is -2.28. The van der Waals surface area contributed by atoms with Gasteiger partial charge >= 0.3 is 0 Å². The van der Waals surface area contributed by atoms with E-state index in [1.165, 1.54) is 5.56 Å². The number of benzene rings is 1. The highest BCUT2D eigenvalue weighted by atomic mass is 16.3. The first kappa shape index (κ1) is 10.3. The molecule has 0 spiro atoms. The van der Waals surface area contributed by atoms with Crippen molar-refractivity contribution < 1.29 is 5.11 Å². The quantitative estimate of drug-likeness (QED) is 0.754. The van der Waals surface area contributed by atoms with Crippen molar-refractivity contribution in [1.82, 2.24) is 0 Å². The molecule has 0 amide bonds. The molecular weight excluding hydrogens is 160 g/mol. The Hall–Kier alpha value is -0.820. The number of aliphatic hydroxyl groups is 1. The highest BCUT2D eigenvalue weighted by molar-refractivity contribution is 5.21. The molecule has 13 heavy (non-hydrogen) atoms. The van der Waals surface area contributed by atoms with E-state index in [2.05, 4.69) is 19.1 Å². The van der Waals surface area contributed by atoms with Gasteiger partial charge in [0.25, 0.3) is 0 Å². The second kappa shape index (κ2) is 3.93. The minimum Gasteiger partial charge on any atom is -0.390 e. The molecule has 1 aromatic carbocycles. The van der Waals surface area contributed by atoms with Crippen LogP contribution in [0, 0.1) is 0 Å². The molecule has 0 radical (unpaired) electrons. The molecule has 0 fully saturated rings. The lowest BCUT2D eigenvalue weighted by atomic mass is 9.83. The van der Waals surface area contributed by atoms with Crippen LogP contribution < -0.4 is 0 Å². The second-order valence-corrected chi connectivity index (χ2v) is 4.03. The molecule has 1 rings (SSSR count). The molecule has 0 bridgehead atoms. The Morgan fingerprint density at radius 1 is 1.23 bits per heavy atom. The van der Waals surface area contributed by atoms with Crippen molar-refractivity contribution in [2.45, 2.75) is 38.7 Å². The van der Waals surface area contributed by atoms with Gasteiger partial charge in [-0.3, -0.25) is 0 Å². The molecule has 0 aliphatic heterocycles. The summed E-state index contributed by atoms with van der Waals surface area (Å²) in [5, 5.41) is 9.93. The first-order valence-corrected chi connectivity index (χ1v) is 4.83. The summed E-state index contributed by atoms with van der Waals surface area (Å²) >= 11 is 0. The van der Waals surface area contributed by atoms with Crippen molar-refractivity contribution in [3.63, 3.8) is 0 Å². The van der Waals surface area contributed by atoms with Gasteiger partial charge in [-0.25, -0.2) is 0 Å². The van der Waals surface area contributed by atoms with Crippen molar-refractivity contribution in [2.24, 2.45) is 0 Å². The molecule has 1 aromatic rings. The van der Waals surface area contributed by atoms with E-state index >= 15 is 0 Å². The van der Waals surface area contributed by atoms with E-state index in [1.807, 2.05) is 32.0 Å². The van der Waals surface area contributed by atoms with E-state index in [1.54, 1.807) is 0 Å². The van der Waals surface area contributed by atoms with Crippen LogP contribution in [0.4, 0.5) is 0 Å². The average Bonchev–Trinajstić information content (AvgIpc) is 2.05. The van der Waals surface area contributed by atoms with E-state index in [0.717, 1.165) is 6.42 Å². The largest absolute Gasteiger partial charge is 0.390 e. The second-order valence-electron chi connectivity index (χ2n) is 4.03. The fraction of sp³-hybridized carbons (Fsp3) is 0.500. The molecule has 0 saturated carbocycles. The van der Waals surface area contributed by atoms with Gasteiger partial charge in [-0.2, -0.15) is 0 Å². The van der Waals surface area contributed by atoms with Crippen LogP contribution in [0.25, 0.3) is 0 Å². The van der Waals surface area contributed by atoms with Crippen LogP contribution in [-0.2, 0) is 0 Å². The SMILES string of the molecule is CC[C@@H](c1ccccc1)C(C)(C)O. The molecule has 0 unspecified atom stereocenters. The maximum atomic E-state index is 9.93. The average molecular weight is 178 g/mol. The first-order chi connectivity index (χ1) is 6.05. The third kappa shape index (κ3) is 2.56. The number of hydrogen-bond acceptors (Lipinski definition) is 1.